The number of imidazole rings is 1. The fourth-order valence-electron chi connectivity index (χ4n) is 3.39. The zero-order chi connectivity index (χ0) is 16.7. The molecule has 0 N–H and O–H groups in total. The number of hydrogen-bond donors (Lipinski definition) is 0. The summed E-state index contributed by atoms with van der Waals surface area (Å²) in [6.45, 7) is 4.24. The van der Waals surface area contributed by atoms with Crippen molar-refractivity contribution in [1.82, 2.24) is 18.9 Å². The SMILES string of the molecule is Cc1nc(SCc2cc(=O)n3ccsc3n2)n(C2CCCC2)c1C. The number of fused-ring (bicyclic) bond motifs is 1. The molecule has 0 aliphatic heterocycles. The van der Waals surface area contributed by atoms with E-state index in [1.165, 1.54) is 42.7 Å². The quantitative estimate of drug-likeness (QED) is 0.661. The van der Waals surface area contributed by atoms with Gasteiger partial charge in [0.25, 0.3) is 5.56 Å². The highest BCUT2D eigenvalue weighted by Gasteiger charge is 2.23. The third kappa shape index (κ3) is 2.80. The van der Waals surface area contributed by atoms with Crippen LogP contribution in [0.1, 0.15) is 48.8 Å². The van der Waals surface area contributed by atoms with Gasteiger partial charge in [0.05, 0.1) is 11.4 Å². The third-order valence-corrected chi connectivity index (χ3v) is 6.49. The fourth-order valence-corrected chi connectivity index (χ4v) is 5.18. The van der Waals surface area contributed by atoms with Gasteiger partial charge in [-0.3, -0.25) is 9.20 Å². The number of thioether (sulfide) groups is 1. The molecule has 4 rings (SSSR count). The summed E-state index contributed by atoms with van der Waals surface area (Å²) in [6.07, 6.45) is 6.86. The number of rotatable bonds is 4. The summed E-state index contributed by atoms with van der Waals surface area (Å²) in [5.41, 5.74) is 3.18. The van der Waals surface area contributed by atoms with E-state index < -0.39 is 0 Å². The predicted octanol–water partition coefficient (Wildman–Crippen LogP) is 3.98. The molecule has 3 heterocycles. The number of nitrogens with zero attached hydrogens (tertiary/aromatic N) is 4. The molecule has 0 bridgehead atoms. The first-order valence-corrected chi connectivity index (χ1v) is 10.1. The van der Waals surface area contributed by atoms with E-state index in [2.05, 4.69) is 23.4 Å². The van der Waals surface area contributed by atoms with Crippen LogP contribution in [-0.2, 0) is 5.75 Å². The molecule has 0 saturated heterocycles. The van der Waals surface area contributed by atoms with E-state index >= 15 is 0 Å². The summed E-state index contributed by atoms with van der Waals surface area (Å²) in [7, 11) is 0. The summed E-state index contributed by atoms with van der Waals surface area (Å²) < 4.78 is 4.00. The van der Waals surface area contributed by atoms with Gasteiger partial charge in [-0.15, -0.1) is 11.3 Å². The number of aromatic nitrogens is 4. The molecule has 1 fully saturated rings. The summed E-state index contributed by atoms with van der Waals surface area (Å²) in [4.78, 5) is 22.2. The van der Waals surface area contributed by atoms with Gasteiger partial charge in [0.1, 0.15) is 0 Å². The van der Waals surface area contributed by atoms with Crippen molar-refractivity contribution in [1.29, 1.82) is 0 Å². The smallest absolute Gasteiger partial charge is 0.258 e. The number of thiazole rings is 1. The first-order chi connectivity index (χ1) is 11.6. The highest BCUT2D eigenvalue weighted by molar-refractivity contribution is 7.98. The summed E-state index contributed by atoms with van der Waals surface area (Å²) >= 11 is 3.18. The molecule has 126 valence electrons. The first kappa shape index (κ1) is 15.9. The molecule has 0 unspecified atom stereocenters. The molecule has 24 heavy (non-hydrogen) atoms. The zero-order valence-electron chi connectivity index (χ0n) is 13.9. The monoisotopic (exact) mass is 360 g/mol. The molecule has 1 aliphatic carbocycles. The summed E-state index contributed by atoms with van der Waals surface area (Å²) in [5.74, 6) is 0.673. The molecule has 7 heteroatoms. The molecular weight excluding hydrogens is 340 g/mol. The maximum atomic E-state index is 12.1. The van der Waals surface area contributed by atoms with E-state index in [0.29, 0.717) is 11.8 Å². The van der Waals surface area contributed by atoms with Crippen molar-refractivity contribution in [3.63, 3.8) is 0 Å². The molecule has 1 aliphatic rings. The Hall–Kier alpha value is -1.60. The second kappa shape index (κ2) is 6.37. The van der Waals surface area contributed by atoms with Gasteiger partial charge in [-0.25, -0.2) is 9.97 Å². The largest absolute Gasteiger partial charge is 0.320 e. The Morgan fingerprint density at radius 1 is 1.29 bits per heavy atom. The molecular formula is C17H20N4OS2. The van der Waals surface area contributed by atoms with Crippen LogP contribution in [0, 0.1) is 13.8 Å². The Morgan fingerprint density at radius 2 is 2.08 bits per heavy atom. The second-order valence-electron chi connectivity index (χ2n) is 6.30. The van der Waals surface area contributed by atoms with Crippen molar-refractivity contribution in [2.75, 3.05) is 0 Å². The van der Waals surface area contributed by atoms with Gasteiger partial charge in [-0.05, 0) is 26.7 Å². The van der Waals surface area contributed by atoms with Crippen LogP contribution in [0.15, 0.2) is 27.6 Å². The van der Waals surface area contributed by atoms with Crippen LogP contribution in [0.25, 0.3) is 4.96 Å². The van der Waals surface area contributed by atoms with Crippen LogP contribution in [0.4, 0.5) is 0 Å². The van der Waals surface area contributed by atoms with Gasteiger partial charge < -0.3 is 4.57 Å². The van der Waals surface area contributed by atoms with E-state index in [0.717, 1.165) is 21.5 Å². The minimum absolute atomic E-state index is 0.0108. The van der Waals surface area contributed by atoms with Crippen molar-refractivity contribution in [2.45, 2.75) is 56.5 Å². The van der Waals surface area contributed by atoms with Crippen LogP contribution in [-0.4, -0.2) is 18.9 Å². The van der Waals surface area contributed by atoms with Gasteiger partial charge in [-0.1, -0.05) is 24.6 Å². The van der Waals surface area contributed by atoms with E-state index in [1.807, 2.05) is 5.38 Å². The van der Waals surface area contributed by atoms with Crippen molar-refractivity contribution in [2.24, 2.45) is 0 Å². The molecule has 0 radical (unpaired) electrons. The Bertz CT molecular complexity index is 934. The first-order valence-electron chi connectivity index (χ1n) is 8.27. The standard InChI is InChI=1S/C17H20N4OS2/c1-11-12(2)21(14-5-3-4-6-14)17(18-11)24-10-13-9-15(22)20-7-8-23-16(20)19-13/h7-9,14H,3-6,10H2,1-2H3. The Labute approximate surface area is 148 Å². The third-order valence-electron chi connectivity index (χ3n) is 4.75. The van der Waals surface area contributed by atoms with Crippen molar-refractivity contribution < 1.29 is 0 Å². The average molecular weight is 361 g/mol. The van der Waals surface area contributed by atoms with Gasteiger partial charge in [0.15, 0.2) is 10.1 Å². The second-order valence-corrected chi connectivity index (χ2v) is 8.12. The number of hydrogen-bond acceptors (Lipinski definition) is 5. The molecule has 0 aromatic carbocycles. The highest BCUT2D eigenvalue weighted by atomic mass is 32.2. The van der Waals surface area contributed by atoms with E-state index in [1.54, 1.807) is 28.4 Å². The highest BCUT2D eigenvalue weighted by Crippen LogP contribution is 2.35. The van der Waals surface area contributed by atoms with Gasteiger partial charge in [0, 0.05) is 35.1 Å². The molecule has 0 atom stereocenters. The zero-order valence-corrected chi connectivity index (χ0v) is 15.5. The van der Waals surface area contributed by atoms with Crippen LogP contribution < -0.4 is 5.56 Å². The van der Waals surface area contributed by atoms with Crippen molar-refractivity contribution in [3.8, 4) is 0 Å². The van der Waals surface area contributed by atoms with Crippen LogP contribution in [0.5, 0.6) is 0 Å². The van der Waals surface area contributed by atoms with Gasteiger partial charge >= 0.3 is 0 Å². The van der Waals surface area contributed by atoms with Gasteiger partial charge in [-0.2, -0.15) is 0 Å². The summed E-state index contributed by atoms with van der Waals surface area (Å²) in [6, 6.07) is 2.21. The lowest BCUT2D eigenvalue weighted by molar-refractivity contribution is 0.471. The number of aryl methyl sites for hydroxylation is 1. The minimum atomic E-state index is -0.0108. The predicted molar refractivity (Wildman–Crippen MR) is 98.1 cm³/mol. The molecule has 0 amide bonds. The van der Waals surface area contributed by atoms with Gasteiger partial charge in [0.2, 0.25) is 0 Å². The maximum Gasteiger partial charge on any atom is 0.258 e. The minimum Gasteiger partial charge on any atom is -0.320 e. The van der Waals surface area contributed by atoms with E-state index in [9.17, 15) is 4.79 Å². The maximum absolute atomic E-state index is 12.1. The lowest BCUT2D eigenvalue weighted by atomic mass is 10.2. The van der Waals surface area contributed by atoms with Crippen LogP contribution >= 0.6 is 23.1 Å². The van der Waals surface area contributed by atoms with E-state index in [4.69, 9.17) is 4.98 Å². The summed E-state index contributed by atoms with van der Waals surface area (Å²) in [5, 5.41) is 2.95. The topological polar surface area (TPSA) is 52.2 Å². The normalized spacial score (nSPS) is 15.6. The van der Waals surface area contributed by atoms with Crippen molar-refractivity contribution >= 4 is 28.1 Å². The Morgan fingerprint density at radius 3 is 2.88 bits per heavy atom. The van der Waals surface area contributed by atoms with E-state index in [-0.39, 0.29) is 5.56 Å². The Balaban J connectivity index is 1.61. The van der Waals surface area contributed by atoms with Crippen LogP contribution in [0.3, 0.4) is 0 Å². The fraction of sp³-hybridized carbons (Fsp3) is 0.471. The Kier molecular flexibility index (Phi) is 4.22. The molecule has 3 aromatic rings. The van der Waals surface area contributed by atoms with Crippen molar-refractivity contribution in [3.05, 3.63) is 45.1 Å². The van der Waals surface area contributed by atoms with Crippen LogP contribution in [0.2, 0.25) is 0 Å². The molecule has 3 aromatic heterocycles. The molecule has 1 saturated carbocycles. The molecule has 0 spiro atoms. The lowest BCUT2D eigenvalue weighted by Crippen LogP contribution is -2.13. The lowest BCUT2D eigenvalue weighted by Gasteiger charge is -2.16. The average Bonchev–Trinajstić information content (AvgIpc) is 3.27. The molecule has 5 nitrogen and oxygen atoms in total.